The van der Waals surface area contributed by atoms with Gasteiger partial charge >= 0.3 is 0 Å². The highest BCUT2D eigenvalue weighted by Gasteiger charge is 2.38. The third-order valence-electron chi connectivity index (χ3n) is 10.6. The second-order valence-electron chi connectivity index (χ2n) is 17.3. The summed E-state index contributed by atoms with van der Waals surface area (Å²) in [4.78, 5) is 155. The van der Waals surface area contributed by atoms with E-state index < -0.39 is 133 Å². The molecule has 1 heterocycles. The van der Waals surface area contributed by atoms with E-state index in [0.717, 1.165) is 0 Å². The molecule has 32 heteroatoms. The molecule has 32 nitrogen and oxygen atoms in total. The molecule has 0 spiro atoms. The average molecular weight is 1040 g/mol. The molecule has 410 valence electrons. The Kier molecular flexibility index (Phi) is 27.6. The van der Waals surface area contributed by atoms with Crippen LogP contribution >= 0.6 is 0 Å². The SMILES string of the molecule is C[C@H](NC(=O)[C@H](CCCN=C(N)N)NC(=O)[C@H](CCCN=C(N)N)NC(=O)CN)C(=O)N[C@@H](C)C(=O)N1CCC[C@H]1C(=O)NCC(=O)N[C@@H](CCCN=C(N)N)C(=O)NC(C)(C)C(=O)NCC(=O)NCC(N)=O. The molecule has 1 aliphatic rings. The number of nitrogens with two attached hydrogens (primary N) is 8. The van der Waals surface area contributed by atoms with E-state index >= 15 is 0 Å². The zero-order valence-corrected chi connectivity index (χ0v) is 41.7. The van der Waals surface area contributed by atoms with Crippen LogP contribution in [-0.4, -0.2) is 182 Å². The molecular weight excluding hydrogens is 963 g/mol. The van der Waals surface area contributed by atoms with Gasteiger partial charge in [0.25, 0.3) is 0 Å². The molecule has 0 aromatic heterocycles. The van der Waals surface area contributed by atoms with Crippen molar-refractivity contribution in [2.75, 3.05) is 52.4 Å². The van der Waals surface area contributed by atoms with Gasteiger partial charge in [0.2, 0.25) is 65.0 Å². The molecule has 1 rings (SSSR count). The molecule has 0 unspecified atom stereocenters. The molecule has 25 N–H and O–H groups in total. The number of rotatable bonds is 32. The lowest BCUT2D eigenvalue weighted by molar-refractivity contribution is -0.141. The van der Waals surface area contributed by atoms with E-state index in [4.69, 9.17) is 45.9 Å². The molecule has 73 heavy (non-hydrogen) atoms. The first-order valence-corrected chi connectivity index (χ1v) is 23.3. The molecular formula is C41H75N21O11. The number of carbonyl (C=O) groups is 11. The lowest BCUT2D eigenvalue weighted by atomic mass is 10.0. The highest BCUT2D eigenvalue weighted by Crippen LogP contribution is 2.19. The maximum atomic E-state index is 13.7. The Morgan fingerprint density at radius 2 is 1.03 bits per heavy atom. The summed E-state index contributed by atoms with van der Waals surface area (Å²) in [6.07, 6.45) is 1.30. The van der Waals surface area contributed by atoms with Gasteiger partial charge in [-0.15, -0.1) is 0 Å². The van der Waals surface area contributed by atoms with Crippen LogP contribution < -0.4 is 93.7 Å². The summed E-state index contributed by atoms with van der Waals surface area (Å²) in [5.41, 5.74) is 41.2. The first-order chi connectivity index (χ1) is 34.2. The Morgan fingerprint density at radius 1 is 0.562 bits per heavy atom. The quantitative estimate of drug-likeness (QED) is 0.0169. The van der Waals surface area contributed by atoms with Gasteiger partial charge in [-0.2, -0.15) is 0 Å². The van der Waals surface area contributed by atoms with Crippen molar-refractivity contribution in [2.45, 2.75) is 121 Å². The van der Waals surface area contributed by atoms with E-state index in [-0.39, 0.29) is 89.0 Å². The van der Waals surface area contributed by atoms with Crippen LogP contribution in [0.1, 0.15) is 79.1 Å². The molecule has 0 aromatic carbocycles. The standard InChI is InChI=1S/C41H75N21O11/c1-21(56-32(68)24(10-6-14-51-39(46)47)60-33(69)23(58-28(64)17-42)9-5-13-50-38(44)45)31(67)57-22(2)36(72)62-16-8-12-26(62)35(71)54-20-30(66)59-25(11-7-15-52-40(48)49)34(70)61-41(3,4)37(73)55-19-29(65)53-18-27(43)63/h21-26H,5-20,42H2,1-4H3,(H2,43,63)(H,53,65)(H,54,71)(H,55,73)(H,56,68)(H,57,67)(H,58,64)(H,59,66)(H,60,69)(H,61,70)(H4,44,45,50)(H4,46,47,51)(H4,48,49,52)/t21-,22-,23-,24-,25-,26-/m0/s1. The van der Waals surface area contributed by atoms with Crippen molar-refractivity contribution < 1.29 is 52.7 Å². The molecule has 0 bridgehead atoms. The maximum absolute atomic E-state index is 13.7. The molecule has 1 saturated heterocycles. The highest BCUT2D eigenvalue weighted by molar-refractivity contribution is 5.98. The first-order valence-electron chi connectivity index (χ1n) is 23.3. The highest BCUT2D eigenvalue weighted by atomic mass is 16.2. The summed E-state index contributed by atoms with van der Waals surface area (Å²) < 4.78 is 0. The Morgan fingerprint density at radius 3 is 1.53 bits per heavy atom. The zero-order valence-electron chi connectivity index (χ0n) is 41.7. The van der Waals surface area contributed by atoms with Gasteiger partial charge in [-0.05, 0) is 79.1 Å². The normalized spacial score (nSPS) is 14.9. The van der Waals surface area contributed by atoms with Crippen LogP contribution in [0.3, 0.4) is 0 Å². The average Bonchev–Trinajstić information content (AvgIpc) is 3.81. The summed E-state index contributed by atoms with van der Waals surface area (Å²) in [7, 11) is 0. The van der Waals surface area contributed by atoms with Crippen LogP contribution in [0.4, 0.5) is 0 Å². The van der Waals surface area contributed by atoms with Crippen LogP contribution in [0.5, 0.6) is 0 Å². The van der Waals surface area contributed by atoms with Gasteiger partial charge in [0.05, 0.1) is 26.2 Å². The number of likely N-dealkylation sites (tertiary alicyclic amines) is 1. The van der Waals surface area contributed by atoms with Crippen molar-refractivity contribution in [3.8, 4) is 0 Å². The summed E-state index contributed by atoms with van der Waals surface area (Å²) in [5, 5.41) is 22.1. The molecule has 0 saturated carbocycles. The third kappa shape index (κ3) is 25.1. The lowest BCUT2D eigenvalue weighted by Crippen LogP contribution is -2.60. The van der Waals surface area contributed by atoms with Crippen molar-refractivity contribution in [1.82, 2.24) is 52.8 Å². The third-order valence-corrected chi connectivity index (χ3v) is 10.6. The van der Waals surface area contributed by atoms with E-state index in [1.165, 1.54) is 32.6 Å². The van der Waals surface area contributed by atoms with Gasteiger partial charge < -0.3 is 98.6 Å². The molecule has 0 radical (unpaired) electrons. The number of guanidine groups is 3. The number of carbonyl (C=O) groups excluding carboxylic acids is 11. The van der Waals surface area contributed by atoms with E-state index in [2.05, 4.69) is 62.8 Å². The minimum Gasteiger partial charge on any atom is -0.370 e. The molecule has 0 aliphatic carbocycles. The summed E-state index contributed by atoms with van der Waals surface area (Å²) in [5.74, 6) is -8.84. The lowest BCUT2D eigenvalue weighted by Gasteiger charge is -2.29. The van der Waals surface area contributed by atoms with Gasteiger partial charge in [-0.25, -0.2) is 0 Å². The van der Waals surface area contributed by atoms with Crippen LogP contribution in [0.2, 0.25) is 0 Å². The minimum atomic E-state index is -1.62. The summed E-state index contributed by atoms with van der Waals surface area (Å²) in [6, 6.07) is -7.20. The summed E-state index contributed by atoms with van der Waals surface area (Å²) in [6.45, 7) is 3.77. The predicted octanol–water partition coefficient (Wildman–Crippen LogP) is -9.71. The Bertz CT molecular complexity index is 2050. The van der Waals surface area contributed by atoms with Crippen LogP contribution in [-0.2, 0) is 52.7 Å². The van der Waals surface area contributed by atoms with Crippen molar-refractivity contribution >= 4 is 82.9 Å². The number of nitrogens with zero attached hydrogens (tertiary/aromatic N) is 4. The maximum Gasteiger partial charge on any atom is 0.245 e. The van der Waals surface area contributed by atoms with E-state index in [1.807, 2.05) is 0 Å². The van der Waals surface area contributed by atoms with Gasteiger partial charge in [0, 0.05) is 26.2 Å². The zero-order chi connectivity index (χ0) is 55.4. The number of nitrogens with one attached hydrogen (secondary N) is 9. The van der Waals surface area contributed by atoms with Crippen molar-refractivity contribution in [2.24, 2.45) is 60.8 Å². The molecule has 6 atom stereocenters. The molecule has 0 aromatic rings. The van der Waals surface area contributed by atoms with Crippen LogP contribution in [0, 0.1) is 0 Å². The number of hydrogen-bond acceptors (Lipinski definition) is 15. The summed E-state index contributed by atoms with van der Waals surface area (Å²) >= 11 is 0. The predicted molar refractivity (Wildman–Crippen MR) is 265 cm³/mol. The fourth-order valence-electron chi connectivity index (χ4n) is 6.79. The second-order valence-corrected chi connectivity index (χ2v) is 17.3. The topological polar surface area (TPSA) is 545 Å². The minimum absolute atomic E-state index is 0.00897. The first kappa shape index (κ1) is 63.0. The van der Waals surface area contributed by atoms with E-state index in [0.29, 0.717) is 6.42 Å². The van der Waals surface area contributed by atoms with E-state index in [9.17, 15) is 52.7 Å². The smallest absolute Gasteiger partial charge is 0.245 e. The van der Waals surface area contributed by atoms with Crippen molar-refractivity contribution in [1.29, 1.82) is 0 Å². The van der Waals surface area contributed by atoms with Crippen LogP contribution in [0.25, 0.3) is 0 Å². The largest absolute Gasteiger partial charge is 0.370 e. The van der Waals surface area contributed by atoms with Gasteiger partial charge in [-0.1, -0.05) is 0 Å². The molecule has 1 fully saturated rings. The molecule has 11 amide bonds. The monoisotopic (exact) mass is 1040 g/mol. The van der Waals surface area contributed by atoms with Gasteiger partial charge in [0.15, 0.2) is 17.9 Å². The van der Waals surface area contributed by atoms with Crippen molar-refractivity contribution in [3.63, 3.8) is 0 Å². The van der Waals surface area contributed by atoms with Gasteiger partial charge in [-0.3, -0.25) is 67.7 Å². The fraction of sp³-hybridized carbons (Fsp3) is 0.659. The number of amides is 11. The van der Waals surface area contributed by atoms with Crippen LogP contribution in [0.15, 0.2) is 15.0 Å². The number of hydrogen-bond donors (Lipinski definition) is 17. The van der Waals surface area contributed by atoms with E-state index in [1.54, 1.807) is 0 Å². The van der Waals surface area contributed by atoms with Crippen molar-refractivity contribution in [3.05, 3.63) is 0 Å². The Labute approximate surface area is 421 Å². The Hall–Kier alpha value is -8.06. The number of primary amides is 1. The van der Waals surface area contributed by atoms with Gasteiger partial charge in [0.1, 0.15) is 41.8 Å². The number of aliphatic imine (C=N–C) groups is 3. The fourth-order valence-corrected chi connectivity index (χ4v) is 6.79. The Balaban J connectivity index is 3.01. The molecule has 1 aliphatic heterocycles. The second kappa shape index (κ2) is 32.0.